The summed E-state index contributed by atoms with van der Waals surface area (Å²) in [5.41, 5.74) is 3.22. The van der Waals surface area contributed by atoms with Gasteiger partial charge in [-0.2, -0.15) is 0 Å². The molecule has 0 saturated carbocycles. The highest BCUT2D eigenvalue weighted by molar-refractivity contribution is 14.1. The third-order valence-electron chi connectivity index (χ3n) is 20.0. The molecule has 3 amide bonds. The minimum absolute atomic E-state index is 0.0425. The van der Waals surface area contributed by atoms with E-state index in [1.165, 1.54) is 16.7 Å². The van der Waals surface area contributed by atoms with Gasteiger partial charge in [0.1, 0.15) is 16.5 Å². The number of benzene rings is 3. The molecule has 10 nitrogen and oxygen atoms in total. The van der Waals surface area contributed by atoms with Gasteiger partial charge in [0.25, 0.3) is 0 Å². The van der Waals surface area contributed by atoms with E-state index in [1.54, 1.807) is 0 Å². The number of hydrogen-bond donors (Lipinski definition) is 0. The zero-order valence-electron chi connectivity index (χ0n) is 58.8. The third-order valence-corrected chi connectivity index (χ3v) is 41.5. The molecule has 3 aliphatic rings. The van der Waals surface area contributed by atoms with Crippen LogP contribution in [0.2, 0.25) is 93.7 Å². The highest BCUT2D eigenvalue weighted by Crippen LogP contribution is 2.44. The Hall–Kier alpha value is -2.28. The predicted octanol–water partition coefficient (Wildman–Crippen LogP) is 18.4. The normalized spacial score (nSPS) is 20.9. The quantitative estimate of drug-likeness (QED) is 0.0755. The molecule has 0 bridgehead atoms. The molecule has 0 aromatic heterocycles. The minimum atomic E-state index is -1.80. The highest BCUT2D eigenvalue weighted by atomic mass is 127. The van der Waals surface area contributed by atoms with Crippen LogP contribution in [-0.4, -0.2) is 130 Å². The summed E-state index contributed by atoms with van der Waals surface area (Å²) in [7, 11) is -5.02. The summed E-state index contributed by atoms with van der Waals surface area (Å²) in [6.45, 7) is 65.4. The largest absolute Gasteiger partial charge is 0.416 e. The molecule has 0 radical (unpaired) electrons. The molecule has 0 spiro atoms. The van der Waals surface area contributed by atoms with Gasteiger partial charge in [-0.05, 0) is 104 Å². The van der Waals surface area contributed by atoms with Crippen LogP contribution in [0.5, 0.6) is 0 Å². The lowest BCUT2D eigenvalue weighted by Crippen LogP contribution is -2.56. The Morgan fingerprint density at radius 1 is 0.524 bits per heavy atom. The van der Waals surface area contributed by atoms with Crippen LogP contribution in [-0.2, 0) is 27.7 Å². The molecular weight excluding hydrogens is 1240 g/mol. The van der Waals surface area contributed by atoms with E-state index in [-0.39, 0.29) is 74.1 Å². The number of carbonyl (C=O) groups is 3. The minimum Gasteiger partial charge on any atom is -0.416 e. The molecule has 6 rings (SSSR count). The molecule has 3 heterocycles. The number of likely N-dealkylation sites (tertiary alicyclic amines) is 3. The van der Waals surface area contributed by atoms with E-state index in [0.717, 1.165) is 19.6 Å². The van der Waals surface area contributed by atoms with Gasteiger partial charge in [-0.3, -0.25) is 14.4 Å². The standard InChI is InChI=1S/C21H35NO2Si.C20H33NO2Si.C19H31NO2Si.C7H21NSi2.CH3I/c1-16(17-12-10-9-11-13-17)22-14-18(21(5,6)19(22)23)15-24-25(7,8)20(2,3)4;1-15-18(14-23-24(6,7)20(3,4)5)13-21(19(15)22)16(2)17-11-9-8-10-12-17;1-15(17-10-8-7-9-11-17)20-13-16(12-18(20)21)14-22-23(5,6)19(2,3)4;1-8(9(2,3)4)10(5,6)7;1-2/h9-13,16,18H,14-15H2,1-8H3;8-12,15-16,18H,13-14H2,1-7H3;7-11,15-16H,12-14H2,1-6H3;1-7H3;1H3/t16-,18-;15-,16-,18-;15-,16-;;/m111../s1. The number of amides is 3. The Morgan fingerprint density at radius 2 is 0.857 bits per heavy atom. The second-order valence-corrected chi connectivity index (χ2v) is 56.3. The number of rotatable bonds is 17. The molecule has 0 unspecified atom stereocenters. The fourth-order valence-corrected chi connectivity index (χ4v) is 21.1. The van der Waals surface area contributed by atoms with Gasteiger partial charge in [0.15, 0.2) is 25.0 Å². The Balaban J connectivity index is 0.000000392. The van der Waals surface area contributed by atoms with E-state index in [4.69, 9.17) is 13.3 Å². The average Bonchev–Trinajstić information content (AvgIpc) is 2.97. The van der Waals surface area contributed by atoms with Crippen molar-refractivity contribution >= 4 is 81.7 Å². The molecule has 0 aliphatic carbocycles. The summed E-state index contributed by atoms with van der Waals surface area (Å²) < 4.78 is 21.8. The van der Waals surface area contributed by atoms with Gasteiger partial charge in [-0.25, -0.2) is 0 Å². The smallest absolute Gasteiger partial charge is 0.229 e. The Kier molecular flexibility index (Phi) is 29.1. The van der Waals surface area contributed by atoms with Crippen LogP contribution in [0.1, 0.15) is 145 Å². The number of halogens is 1. The zero-order valence-corrected chi connectivity index (χ0v) is 65.9. The molecular formula is C68H123IN4O6Si5. The lowest BCUT2D eigenvalue weighted by molar-refractivity contribution is -0.137. The van der Waals surface area contributed by atoms with E-state index in [9.17, 15) is 14.4 Å². The van der Waals surface area contributed by atoms with Crippen molar-refractivity contribution in [2.45, 2.75) is 222 Å². The second kappa shape index (κ2) is 31.5. The van der Waals surface area contributed by atoms with Crippen LogP contribution in [0.4, 0.5) is 0 Å². The maximum Gasteiger partial charge on any atom is 0.229 e. The molecule has 478 valence electrons. The Morgan fingerprint density at radius 3 is 1.20 bits per heavy atom. The fourth-order valence-electron chi connectivity index (χ4n) is 9.83. The van der Waals surface area contributed by atoms with Gasteiger partial charge >= 0.3 is 0 Å². The molecule has 0 N–H and O–H groups in total. The van der Waals surface area contributed by atoms with Crippen LogP contribution in [0.3, 0.4) is 0 Å². The SMILES string of the molecule is CI.CN([Si](C)(C)C)[Si](C)(C)C.C[C@H](c1ccccc1)N1C[C@H](CO[Si](C)(C)C(C)(C)C)C(C)(C)C1=O.C[C@H](c1ccccc1)N1C[C@H](CO[Si](C)(C)C(C)(C)C)CC1=O.C[C@H](c1ccccc1)N1C[C@H](CO[Si](C)(C)C(C)(C)C)[C@@H](C)C1=O. The summed E-state index contributed by atoms with van der Waals surface area (Å²) in [6, 6.07) is 31.2. The van der Waals surface area contributed by atoms with Crippen LogP contribution >= 0.6 is 22.6 Å². The monoisotopic (exact) mass is 1360 g/mol. The molecule has 84 heavy (non-hydrogen) atoms. The summed E-state index contributed by atoms with van der Waals surface area (Å²) >= 11 is 2.15. The molecule has 3 aromatic carbocycles. The van der Waals surface area contributed by atoms with Gasteiger partial charge in [0.2, 0.25) is 17.7 Å². The van der Waals surface area contributed by atoms with E-state index < -0.39 is 41.4 Å². The molecule has 16 heteroatoms. The van der Waals surface area contributed by atoms with Crippen molar-refractivity contribution in [3.05, 3.63) is 108 Å². The zero-order chi connectivity index (χ0) is 65.0. The first kappa shape index (κ1) is 77.8. The fraction of sp³-hybridized carbons (Fsp3) is 0.691. The molecule has 3 saturated heterocycles. The third kappa shape index (κ3) is 21.7. The molecule has 3 fully saturated rings. The van der Waals surface area contributed by atoms with Crippen molar-refractivity contribution < 1.29 is 27.7 Å². The molecule has 7 atom stereocenters. The summed E-state index contributed by atoms with van der Waals surface area (Å²) in [5.74, 6) is 1.65. The Bertz CT molecular complexity index is 2450. The summed E-state index contributed by atoms with van der Waals surface area (Å²) in [5, 5.41) is 0.610. The maximum atomic E-state index is 13.1. The lowest BCUT2D eigenvalue weighted by atomic mass is 9.82. The molecule has 3 aromatic rings. The van der Waals surface area contributed by atoms with E-state index >= 15 is 0 Å². The van der Waals surface area contributed by atoms with Crippen molar-refractivity contribution in [2.75, 3.05) is 51.4 Å². The van der Waals surface area contributed by atoms with Crippen LogP contribution in [0.15, 0.2) is 91.0 Å². The van der Waals surface area contributed by atoms with Crippen molar-refractivity contribution in [3.8, 4) is 0 Å². The van der Waals surface area contributed by atoms with Gasteiger partial charge in [0, 0.05) is 69.5 Å². The first-order valence-corrected chi connectivity index (χ1v) is 49.1. The van der Waals surface area contributed by atoms with Crippen molar-refractivity contribution in [3.63, 3.8) is 0 Å². The lowest BCUT2D eigenvalue weighted by Gasteiger charge is -2.40. The maximum absolute atomic E-state index is 13.1. The summed E-state index contributed by atoms with van der Waals surface area (Å²) in [4.78, 5) is 46.2. The van der Waals surface area contributed by atoms with Crippen LogP contribution < -0.4 is 0 Å². The van der Waals surface area contributed by atoms with Gasteiger partial charge in [-0.15, -0.1) is 0 Å². The van der Waals surface area contributed by atoms with Crippen molar-refractivity contribution in [2.24, 2.45) is 29.1 Å². The van der Waals surface area contributed by atoms with E-state index in [1.807, 2.05) is 74.2 Å². The Labute approximate surface area is 534 Å². The number of hydrogen-bond acceptors (Lipinski definition) is 7. The molecule has 3 aliphatic heterocycles. The van der Waals surface area contributed by atoms with E-state index in [0.29, 0.717) is 32.2 Å². The van der Waals surface area contributed by atoms with Crippen molar-refractivity contribution in [1.82, 2.24) is 18.9 Å². The number of alkyl halides is 1. The predicted molar refractivity (Wildman–Crippen MR) is 382 cm³/mol. The van der Waals surface area contributed by atoms with Crippen LogP contribution in [0.25, 0.3) is 0 Å². The van der Waals surface area contributed by atoms with E-state index in [2.05, 4.69) is 253 Å². The first-order valence-electron chi connectivity index (χ1n) is 31.3. The summed E-state index contributed by atoms with van der Waals surface area (Å²) in [6.07, 6.45) is 0.617. The van der Waals surface area contributed by atoms with Crippen LogP contribution in [0, 0.1) is 29.1 Å². The topological polar surface area (TPSA) is 91.9 Å². The number of carbonyl (C=O) groups excluding carboxylic acids is 3. The highest BCUT2D eigenvalue weighted by Gasteiger charge is 2.50. The van der Waals surface area contributed by atoms with Gasteiger partial charge < -0.3 is 32.2 Å². The van der Waals surface area contributed by atoms with Gasteiger partial charge in [0.05, 0.1) is 23.5 Å². The van der Waals surface area contributed by atoms with Crippen molar-refractivity contribution in [1.29, 1.82) is 0 Å². The van der Waals surface area contributed by atoms with Gasteiger partial charge in [-0.1, -0.05) is 236 Å². The second-order valence-electron chi connectivity index (χ2n) is 31.4. The average molecular weight is 1360 g/mol. The number of nitrogens with zero attached hydrogens (tertiary/aromatic N) is 4. The first-order chi connectivity index (χ1) is 38.2.